The highest BCUT2D eigenvalue weighted by molar-refractivity contribution is 6.23. The van der Waals surface area contributed by atoms with Crippen molar-refractivity contribution in [3.8, 4) is 66.8 Å². The van der Waals surface area contributed by atoms with Gasteiger partial charge in [-0.15, -0.1) is 0 Å². The Labute approximate surface area is 499 Å². The third-order valence-electron chi connectivity index (χ3n) is 19.4. The molecule has 0 N–H and O–H groups in total. The minimum absolute atomic E-state index is 0.165. The smallest absolute Gasteiger partial charge is 0.0468 e. The molecule has 85 heavy (non-hydrogen) atoms. The molecule has 0 aromatic heterocycles. The van der Waals surface area contributed by atoms with Crippen molar-refractivity contribution in [2.75, 3.05) is 9.80 Å². The van der Waals surface area contributed by atoms with Crippen molar-refractivity contribution in [1.82, 2.24) is 0 Å². The second-order valence-electron chi connectivity index (χ2n) is 25.2. The lowest BCUT2D eigenvalue weighted by Crippen LogP contribution is -2.16. The summed E-state index contributed by atoms with van der Waals surface area (Å²) in [6.07, 6.45) is 0. The summed E-state index contributed by atoms with van der Waals surface area (Å²) in [5, 5.41) is 4.81. The number of hydrogen-bond donors (Lipinski definition) is 0. The summed E-state index contributed by atoms with van der Waals surface area (Å²) in [5.74, 6) is 0. The lowest BCUT2D eigenvalue weighted by atomic mass is 9.79. The topological polar surface area (TPSA) is 6.48 Å². The van der Waals surface area contributed by atoms with Gasteiger partial charge in [-0.2, -0.15) is 0 Å². The van der Waals surface area contributed by atoms with Crippen molar-refractivity contribution in [1.29, 1.82) is 0 Å². The molecule has 16 rings (SSSR count). The molecule has 406 valence electrons. The number of rotatable bonds is 9. The number of benzene rings is 13. The van der Waals surface area contributed by atoms with Gasteiger partial charge < -0.3 is 9.80 Å². The third kappa shape index (κ3) is 7.78. The Bertz CT molecular complexity index is 4840. The SMILES string of the molecule is CC1(C)c2ccccc2-c2ccc(-c3c4ccc(N(c5ccccc5)c5ccc6c(c5)C(C)(C)c5ccccc5-6)cc4c(-c4ccc5c(c4)C(C)(C)c4ccccc4-5)c4ccc(N(c5ccccc5)c5ccc(-c6ccccc6)cc5)cc34)cc21. The minimum atomic E-state index is -0.196. The Balaban J connectivity index is 0.988. The molecule has 0 atom stereocenters. The maximum atomic E-state index is 2.53. The lowest BCUT2D eigenvalue weighted by Gasteiger charge is -2.29. The number of anilines is 6. The largest absolute Gasteiger partial charge is 0.310 e. The Hall–Kier alpha value is -10.0. The first-order valence-corrected chi connectivity index (χ1v) is 30.1. The van der Waals surface area contributed by atoms with Crippen LogP contribution in [0.2, 0.25) is 0 Å². The fourth-order valence-corrected chi connectivity index (χ4v) is 15.1. The van der Waals surface area contributed by atoms with E-state index in [9.17, 15) is 0 Å². The van der Waals surface area contributed by atoms with Gasteiger partial charge in [0.2, 0.25) is 0 Å². The van der Waals surface area contributed by atoms with E-state index in [0.29, 0.717) is 0 Å². The standard InChI is InChI=1S/C83H64N2/c1-81(2)73-31-19-16-28-63(73)66-43-36-55(48-76(66)81)79-70-47-42-61(85(58-26-14-9-15-27-58)62-40-45-68-65-30-18-21-33-75(65)83(5,6)78(68)52-62)51-72(70)80(56-37-44-67-64-29-17-20-32-74(64)82(3,4)77(67)49-56)69-46-41-60(50-71(69)79)84(57-24-12-8-13-25-57)59-38-34-54(35-39-59)53-22-10-7-11-23-53/h7-52H,1-6H3. The Kier molecular flexibility index (Phi) is 11.3. The molecular formula is C83H64N2. The van der Waals surface area contributed by atoms with Crippen LogP contribution in [0.5, 0.6) is 0 Å². The van der Waals surface area contributed by atoms with E-state index in [-0.39, 0.29) is 16.2 Å². The number of para-hydroxylation sites is 2. The van der Waals surface area contributed by atoms with Crippen LogP contribution in [0.25, 0.3) is 88.3 Å². The molecule has 2 nitrogen and oxygen atoms in total. The highest BCUT2D eigenvalue weighted by Crippen LogP contribution is 2.56. The van der Waals surface area contributed by atoms with Crippen LogP contribution in [0.15, 0.2) is 279 Å². The molecule has 13 aromatic carbocycles. The van der Waals surface area contributed by atoms with E-state index in [1.807, 2.05) is 0 Å². The molecule has 0 heterocycles. The highest BCUT2D eigenvalue weighted by Gasteiger charge is 2.39. The van der Waals surface area contributed by atoms with Crippen LogP contribution in [0, 0.1) is 0 Å². The predicted octanol–water partition coefficient (Wildman–Crippen LogP) is 22.9. The fraction of sp³-hybridized carbons (Fsp3) is 0.108. The average Bonchev–Trinajstić information content (AvgIpc) is 2.02. The maximum Gasteiger partial charge on any atom is 0.0468 e. The summed E-state index contributed by atoms with van der Waals surface area (Å²) in [4.78, 5) is 4.91. The predicted molar refractivity (Wildman–Crippen MR) is 360 cm³/mol. The van der Waals surface area contributed by atoms with E-state index >= 15 is 0 Å². The Morgan fingerprint density at radius 1 is 0.200 bits per heavy atom. The Morgan fingerprint density at radius 3 is 0.941 bits per heavy atom. The van der Waals surface area contributed by atoms with Crippen LogP contribution < -0.4 is 9.80 Å². The molecule has 0 unspecified atom stereocenters. The zero-order valence-electron chi connectivity index (χ0n) is 49.0. The highest BCUT2D eigenvalue weighted by atomic mass is 15.1. The second-order valence-corrected chi connectivity index (χ2v) is 25.2. The molecule has 0 saturated heterocycles. The van der Waals surface area contributed by atoms with Crippen molar-refractivity contribution in [2.24, 2.45) is 0 Å². The van der Waals surface area contributed by atoms with Crippen LogP contribution >= 0.6 is 0 Å². The van der Waals surface area contributed by atoms with Crippen LogP contribution in [0.1, 0.15) is 74.9 Å². The summed E-state index contributed by atoms with van der Waals surface area (Å²) in [6, 6.07) is 105. The van der Waals surface area contributed by atoms with E-state index < -0.39 is 0 Å². The fourth-order valence-electron chi connectivity index (χ4n) is 15.1. The lowest BCUT2D eigenvalue weighted by molar-refractivity contribution is 0.660. The van der Waals surface area contributed by atoms with Gasteiger partial charge in [-0.05, 0) is 207 Å². The number of nitrogens with zero attached hydrogens (tertiary/aromatic N) is 2. The molecule has 0 saturated carbocycles. The molecule has 13 aromatic rings. The maximum absolute atomic E-state index is 2.53. The molecular weight excluding hydrogens is 1020 g/mol. The molecule has 0 amide bonds. The number of hydrogen-bond acceptors (Lipinski definition) is 2. The summed E-state index contributed by atoms with van der Waals surface area (Å²) in [5.41, 5.74) is 29.4. The molecule has 0 fully saturated rings. The summed E-state index contributed by atoms with van der Waals surface area (Å²) >= 11 is 0. The Morgan fingerprint density at radius 2 is 0.494 bits per heavy atom. The normalized spacial score (nSPS) is 14.3. The van der Waals surface area contributed by atoms with Gasteiger partial charge in [0.15, 0.2) is 0 Å². The first kappa shape index (κ1) is 50.7. The average molecular weight is 1090 g/mol. The summed E-state index contributed by atoms with van der Waals surface area (Å²) in [7, 11) is 0. The van der Waals surface area contributed by atoms with Crippen LogP contribution in [-0.2, 0) is 16.2 Å². The van der Waals surface area contributed by atoms with E-state index in [1.165, 1.54) is 122 Å². The zero-order chi connectivity index (χ0) is 57.3. The second kappa shape index (κ2) is 19.0. The van der Waals surface area contributed by atoms with Gasteiger partial charge in [-0.1, -0.05) is 236 Å². The van der Waals surface area contributed by atoms with Gasteiger partial charge in [0.05, 0.1) is 0 Å². The first-order valence-electron chi connectivity index (χ1n) is 30.1. The van der Waals surface area contributed by atoms with Crippen LogP contribution in [0.4, 0.5) is 34.1 Å². The van der Waals surface area contributed by atoms with Gasteiger partial charge in [0.1, 0.15) is 0 Å². The third-order valence-corrected chi connectivity index (χ3v) is 19.4. The van der Waals surface area contributed by atoms with Crippen molar-refractivity contribution in [2.45, 2.75) is 57.8 Å². The van der Waals surface area contributed by atoms with E-state index in [0.717, 1.165) is 34.1 Å². The van der Waals surface area contributed by atoms with Gasteiger partial charge in [-0.3, -0.25) is 0 Å². The van der Waals surface area contributed by atoms with Crippen molar-refractivity contribution >= 4 is 55.7 Å². The van der Waals surface area contributed by atoms with Crippen molar-refractivity contribution in [3.05, 3.63) is 312 Å². The molecule has 0 spiro atoms. The minimum Gasteiger partial charge on any atom is -0.310 e. The molecule has 3 aliphatic rings. The van der Waals surface area contributed by atoms with E-state index in [1.54, 1.807) is 0 Å². The van der Waals surface area contributed by atoms with Crippen molar-refractivity contribution < 1.29 is 0 Å². The van der Waals surface area contributed by atoms with E-state index in [4.69, 9.17) is 0 Å². The van der Waals surface area contributed by atoms with Gasteiger partial charge in [0.25, 0.3) is 0 Å². The summed E-state index contributed by atoms with van der Waals surface area (Å²) in [6.45, 7) is 14.4. The van der Waals surface area contributed by atoms with Crippen LogP contribution in [0.3, 0.4) is 0 Å². The van der Waals surface area contributed by atoms with Crippen molar-refractivity contribution in [3.63, 3.8) is 0 Å². The zero-order valence-corrected chi connectivity index (χ0v) is 49.0. The summed E-state index contributed by atoms with van der Waals surface area (Å²) < 4.78 is 0. The number of fused-ring (bicyclic) bond motifs is 11. The van der Waals surface area contributed by atoms with Gasteiger partial charge in [0, 0.05) is 50.4 Å². The van der Waals surface area contributed by atoms with Crippen LogP contribution in [-0.4, -0.2) is 0 Å². The molecule has 3 aliphatic carbocycles. The van der Waals surface area contributed by atoms with Gasteiger partial charge in [-0.25, -0.2) is 0 Å². The molecule has 0 bridgehead atoms. The van der Waals surface area contributed by atoms with E-state index in [2.05, 4.69) is 330 Å². The first-order chi connectivity index (χ1) is 41.4. The quantitative estimate of drug-likeness (QED) is 0.133. The molecule has 0 aliphatic heterocycles. The van der Waals surface area contributed by atoms with Gasteiger partial charge >= 0.3 is 0 Å². The molecule has 0 radical (unpaired) electrons. The monoisotopic (exact) mass is 1090 g/mol. The molecule has 2 heteroatoms.